The van der Waals surface area contributed by atoms with Gasteiger partial charge in [-0.05, 0) is 37.2 Å². The van der Waals surface area contributed by atoms with Crippen molar-refractivity contribution in [2.75, 3.05) is 38.5 Å². The lowest BCUT2D eigenvalue weighted by Crippen LogP contribution is -2.34. The lowest BCUT2D eigenvalue weighted by Gasteiger charge is -2.18. The molecule has 1 rings (SSSR count). The van der Waals surface area contributed by atoms with E-state index in [1.165, 1.54) is 0 Å². The minimum Gasteiger partial charge on any atom is -0.491 e. The van der Waals surface area contributed by atoms with Crippen LogP contribution in [0.25, 0.3) is 0 Å². The maximum absolute atomic E-state index is 12.2. The summed E-state index contributed by atoms with van der Waals surface area (Å²) in [5, 5.41) is 2.93. The first-order valence-electron chi connectivity index (χ1n) is 8.00. The maximum atomic E-state index is 12.2. The predicted molar refractivity (Wildman–Crippen MR) is 91.3 cm³/mol. The molecular weight excluding hydrogens is 278 g/mol. The number of benzene rings is 1. The summed E-state index contributed by atoms with van der Waals surface area (Å²) in [6.07, 6.45) is 0. The molecule has 0 atom stereocenters. The van der Waals surface area contributed by atoms with E-state index in [4.69, 9.17) is 10.5 Å². The number of likely N-dealkylation sites (N-methyl/N-ethyl adjacent to an activating group) is 1. The van der Waals surface area contributed by atoms with E-state index in [9.17, 15) is 4.79 Å². The van der Waals surface area contributed by atoms with Crippen molar-refractivity contribution < 1.29 is 9.53 Å². The molecule has 0 unspecified atom stereocenters. The van der Waals surface area contributed by atoms with Crippen molar-refractivity contribution in [2.45, 2.75) is 27.7 Å². The molecule has 3 N–H and O–H groups in total. The lowest BCUT2D eigenvalue weighted by atomic mass is 10.1. The minimum atomic E-state index is -0.0958. The number of hydrogen-bond donors (Lipinski definition) is 2. The molecule has 1 aromatic carbocycles. The molecule has 0 spiro atoms. The van der Waals surface area contributed by atoms with E-state index in [1.54, 1.807) is 18.2 Å². The molecular formula is C17H29N3O2. The Bertz CT molecular complexity index is 471. The van der Waals surface area contributed by atoms with Crippen LogP contribution in [0.5, 0.6) is 5.75 Å². The van der Waals surface area contributed by atoms with Crippen molar-refractivity contribution in [1.82, 2.24) is 10.2 Å². The van der Waals surface area contributed by atoms with Crippen LogP contribution in [0.3, 0.4) is 0 Å². The van der Waals surface area contributed by atoms with Gasteiger partial charge in [0.25, 0.3) is 5.91 Å². The number of carbonyl (C=O) groups is 1. The van der Waals surface area contributed by atoms with Crippen LogP contribution in [0, 0.1) is 5.92 Å². The average molecular weight is 307 g/mol. The van der Waals surface area contributed by atoms with E-state index in [2.05, 4.69) is 37.9 Å². The first kappa shape index (κ1) is 18.3. The van der Waals surface area contributed by atoms with Gasteiger partial charge >= 0.3 is 0 Å². The zero-order valence-electron chi connectivity index (χ0n) is 14.2. The van der Waals surface area contributed by atoms with Gasteiger partial charge in [-0.2, -0.15) is 0 Å². The van der Waals surface area contributed by atoms with Crippen molar-refractivity contribution in [3.8, 4) is 5.75 Å². The average Bonchev–Trinajstić information content (AvgIpc) is 2.50. The number of rotatable bonds is 9. The van der Waals surface area contributed by atoms with E-state index in [-0.39, 0.29) is 5.91 Å². The summed E-state index contributed by atoms with van der Waals surface area (Å²) in [5.41, 5.74) is 7.02. The second-order valence-electron chi connectivity index (χ2n) is 5.74. The van der Waals surface area contributed by atoms with Gasteiger partial charge in [0.15, 0.2) is 0 Å². The Kier molecular flexibility index (Phi) is 7.74. The normalized spacial score (nSPS) is 11.0. The van der Waals surface area contributed by atoms with E-state index in [0.717, 1.165) is 19.6 Å². The summed E-state index contributed by atoms with van der Waals surface area (Å²) in [5.74, 6) is 0.887. The Balaban J connectivity index is 2.59. The minimum absolute atomic E-state index is 0.0958. The summed E-state index contributed by atoms with van der Waals surface area (Å²) in [4.78, 5) is 14.4. The van der Waals surface area contributed by atoms with Gasteiger partial charge in [-0.3, -0.25) is 4.79 Å². The number of nitrogen functional groups attached to an aromatic ring is 1. The molecule has 0 radical (unpaired) electrons. The van der Waals surface area contributed by atoms with Crippen molar-refractivity contribution >= 4 is 11.6 Å². The van der Waals surface area contributed by atoms with Crippen LogP contribution in [0.4, 0.5) is 5.69 Å². The Morgan fingerprint density at radius 2 is 2.00 bits per heavy atom. The fourth-order valence-electron chi connectivity index (χ4n) is 2.03. The molecule has 0 aromatic heterocycles. The lowest BCUT2D eigenvalue weighted by molar-refractivity contribution is 0.0948. The predicted octanol–water partition coefficient (Wildman–Crippen LogP) is 2.38. The van der Waals surface area contributed by atoms with Crippen molar-refractivity contribution in [3.05, 3.63) is 23.8 Å². The van der Waals surface area contributed by atoms with E-state index >= 15 is 0 Å². The number of anilines is 1. The smallest absolute Gasteiger partial charge is 0.251 e. The van der Waals surface area contributed by atoms with E-state index < -0.39 is 0 Å². The first-order valence-corrected chi connectivity index (χ1v) is 8.00. The van der Waals surface area contributed by atoms with Gasteiger partial charge in [0.05, 0.1) is 12.3 Å². The molecule has 0 aliphatic heterocycles. The molecule has 5 nitrogen and oxygen atoms in total. The number of amides is 1. The monoisotopic (exact) mass is 307 g/mol. The molecule has 0 heterocycles. The molecule has 0 aliphatic carbocycles. The Hall–Kier alpha value is -1.75. The van der Waals surface area contributed by atoms with Crippen molar-refractivity contribution in [3.63, 3.8) is 0 Å². The second kappa shape index (κ2) is 9.30. The summed E-state index contributed by atoms with van der Waals surface area (Å²) >= 11 is 0. The Morgan fingerprint density at radius 3 is 2.59 bits per heavy atom. The molecule has 5 heteroatoms. The fourth-order valence-corrected chi connectivity index (χ4v) is 2.03. The zero-order valence-corrected chi connectivity index (χ0v) is 14.2. The van der Waals surface area contributed by atoms with Crippen LogP contribution in [-0.4, -0.2) is 43.6 Å². The molecule has 0 fully saturated rings. The molecule has 0 saturated carbocycles. The van der Waals surface area contributed by atoms with Gasteiger partial charge in [-0.15, -0.1) is 0 Å². The maximum Gasteiger partial charge on any atom is 0.251 e. The van der Waals surface area contributed by atoms with Gasteiger partial charge in [0, 0.05) is 18.7 Å². The molecule has 0 aliphatic rings. The van der Waals surface area contributed by atoms with Gasteiger partial charge < -0.3 is 20.7 Å². The number of hydrogen-bond acceptors (Lipinski definition) is 4. The highest BCUT2D eigenvalue weighted by Gasteiger charge is 2.10. The summed E-state index contributed by atoms with van der Waals surface area (Å²) < 4.78 is 5.65. The SMILES string of the molecule is CCN(CC)CCNC(=O)c1ccc(N)c(OCC(C)C)c1. The molecule has 0 saturated heterocycles. The Morgan fingerprint density at radius 1 is 1.32 bits per heavy atom. The standard InChI is InChI=1S/C17H29N3O2/c1-5-20(6-2)10-9-19-17(21)14-7-8-15(18)16(11-14)22-12-13(3)4/h7-8,11,13H,5-6,9-10,12,18H2,1-4H3,(H,19,21). The molecule has 22 heavy (non-hydrogen) atoms. The van der Waals surface area contributed by atoms with Crippen LogP contribution in [0.1, 0.15) is 38.1 Å². The van der Waals surface area contributed by atoms with Crippen molar-refractivity contribution in [2.24, 2.45) is 5.92 Å². The fraction of sp³-hybridized carbons (Fsp3) is 0.588. The van der Waals surface area contributed by atoms with Gasteiger partial charge in [0.1, 0.15) is 5.75 Å². The number of ether oxygens (including phenoxy) is 1. The molecule has 1 amide bonds. The van der Waals surface area contributed by atoms with Crippen LogP contribution in [0.15, 0.2) is 18.2 Å². The van der Waals surface area contributed by atoms with Gasteiger partial charge in [-0.1, -0.05) is 27.7 Å². The van der Waals surface area contributed by atoms with Gasteiger partial charge in [-0.25, -0.2) is 0 Å². The highest BCUT2D eigenvalue weighted by molar-refractivity contribution is 5.95. The number of nitrogens with two attached hydrogens (primary N) is 1. The third-order valence-corrected chi connectivity index (χ3v) is 3.46. The first-order chi connectivity index (χ1) is 10.5. The second-order valence-corrected chi connectivity index (χ2v) is 5.74. The van der Waals surface area contributed by atoms with Crippen LogP contribution in [-0.2, 0) is 0 Å². The third-order valence-electron chi connectivity index (χ3n) is 3.46. The summed E-state index contributed by atoms with van der Waals surface area (Å²) in [6, 6.07) is 5.16. The number of nitrogens with one attached hydrogen (secondary N) is 1. The van der Waals surface area contributed by atoms with E-state index in [0.29, 0.717) is 36.1 Å². The zero-order chi connectivity index (χ0) is 16.5. The number of carbonyl (C=O) groups excluding carboxylic acids is 1. The molecule has 1 aromatic rings. The third kappa shape index (κ3) is 5.93. The van der Waals surface area contributed by atoms with E-state index in [1.807, 2.05) is 0 Å². The molecule has 0 bridgehead atoms. The van der Waals surface area contributed by atoms with Crippen molar-refractivity contribution in [1.29, 1.82) is 0 Å². The van der Waals surface area contributed by atoms with Gasteiger partial charge in [0.2, 0.25) is 0 Å². The highest BCUT2D eigenvalue weighted by atomic mass is 16.5. The number of nitrogens with zero attached hydrogens (tertiary/aromatic N) is 1. The quantitative estimate of drug-likeness (QED) is 0.687. The largest absolute Gasteiger partial charge is 0.491 e. The van der Waals surface area contributed by atoms with Crippen LogP contribution < -0.4 is 15.8 Å². The van der Waals surface area contributed by atoms with Crippen LogP contribution >= 0.6 is 0 Å². The summed E-state index contributed by atoms with van der Waals surface area (Å²) in [6.45, 7) is 12.4. The Labute approximate surface area is 133 Å². The molecule has 124 valence electrons. The van der Waals surface area contributed by atoms with Crippen LogP contribution in [0.2, 0.25) is 0 Å². The topological polar surface area (TPSA) is 67.6 Å². The highest BCUT2D eigenvalue weighted by Crippen LogP contribution is 2.23. The summed E-state index contributed by atoms with van der Waals surface area (Å²) in [7, 11) is 0.